The van der Waals surface area contributed by atoms with E-state index < -0.39 is 31.3 Å². The average Bonchev–Trinajstić information content (AvgIpc) is 2.28. The molecular weight excluding hydrogens is 242 g/mol. The van der Waals surface area contributed by atoms with Gasteiger partial charge in [-0.3, -0.25) is 4.79 Å². The zero-order chi connectivity index (χ0) is 13.5. The van der Waals surface area contributed by atoms with Gasteiger partial charge in [-0.2, -0.15) is 19.3 Å². The van der Waals surface area contributed by atoms with E-state index in [0.717, 1.165) is 0 Å². The van der Waals surface area contributed by atoms with Gasteiger partial charge in [-0.25, -0.2) is 8.78 Å². The number of nitriles is 2. The van der Waals surface area contributed by atoms with Crippen LogP contribution in [0.5, 0.6) is 0 Å². The predicted molar refractivity (Wildman–Crippen MR) is 48.0 cm³/mol. The SMILES string of the molecule is N#CCCN(CCC#N)C(=O)C(F)(F)C(F)F. The molecule has 0 N–H and O–H groups in total. The van der Waals surface area contributed by atoms with Gasteiger partial charge in [0.2, 0.25) is 0 Å². The van der Waals surface area contributed by atoms with Crippen molar-refractivity contribution in [3.8, 4) is 12.1 Å². The fourth-order valence-electron chi connectivity index (χ4n) is 0.989. The van der Waals surface area contributed by atoms with Gasteiger partial charge in [0.25, 0.3) is 5.91 Å². The maximum Gasteiger partial charge on any atom is 0.383 e. The second-order valence-corrected chi connectivity index (χ2v) is 3.03. The lowest BCUT2D eigenvalue weighted by atomic mass is 10.2. The predicted octanol–water partition coefficient (Wildman–Crippen LogP) is 1.54. The number of carbonyl (C=O) groups excluding carboxylic acids is 1. The van der Waals surface area contributed by atoms with Crippen molar-refractivity contribution >= 4 is 5.91 Å². The van der Waals surface area contributed by atoms with E-state index >= 15 is 0 Å². The first-order valence-corrected chi connectivity index (χ1v) is 4.57. The Morgan fingerprint density at radius 1 is 1.18 bits per heavy atom. The highest BCUT2D eigenvalue weighted by atomic mass is 19.3. The van der Waals surface area contributed by atoms with Crippen LogP contribution < -0.4 is 0 Å². The first-order valence-electron chi connectivity index (χ1n) is 4.57. The summed E-state index contributed by atoms with van der Waals surface area (Å²) in [5, 5.41) is 16.5. The summed E-state index contributed by atoms with van der Waals surface area (Å²) in [4.78, 5) is 11.5. The Bertz CT molecular complexity index is 327. The molecule has 4 nitrogen and oxygen atoms in total. The first-order chi connectivity index (χ1) is 7.87. The Balaban J connectivity index is 4.74. The lowest BCUT2D eigenvalue weighted by Crippen LogP contribution is -2.48. The van der Waals surface area contributed by atoms with Crippen molar-refractivity contribution in [1.82, 2.24) is 4.90 Å². The summed E-state index contributed by atoms with van der Waals surface area (Å²) in [6.45, 7) is -0.807. The molecule has 0 radical (unpaired) electrons. The van der Waals surface area contributed by atoms with E-state index in [0.29, 0.717) is 4.90 Å². The second kappa shape index (κ2) is 6.69. The molecule has 0 aliphatic carbocycles. The van der Waals surface area contributed by atoms with Gasteiger partial charge in [0.15, 0.2) is 0 Å². The number of amides is 1. The molecule has 0 aliphatic heterocycles. The Morgan fingerprint density at radius 3 is 1.88 bits per heavy atom. The van der Waals surface area contributed by atoms with Crippen LogP contribution in [0.3, 0.4) is 0 Å². The molecule has 8 heteroatoms. The second-order valence-electron chi connectivity index (χ2n) is 3.03. The van der Waals surface area contributed by atoms with Crippen LogP contribution in [0.25, 0.3) is 0 Å². The van der Waals surface area contributed by atoms with Gasteiger partial charge in [0.05, 0.1) is 25.0 Å². The summed E-state index contributed by atoms with van der Waals surface area (Å²) in [6.07, 6.45) is -4.64. The first kappa shape index (κ1) is 15.2. The van der Waals surface area contributed by atoms with E-state index in [1.54, 1.807) is 12.1 Å². The van der Waals surface area contributed by atoms with Crippen molar-refractivity contribution in [3.63, 3.8) is 0 Å². The number of hydrogen-bond acceptors (Lipinski definition) is 3. The number of hydrogen-bond donors (Lipinski definition) is 0. The van der Waals surface area contributed by atoms with Crippen molar-refractivity contribution in [3.05, 3.63) is 0 Å². The highest BCUT2D eigenvalue weighted by molar-refractivity contribution is 5.84. The molecule has 0 aliphatic rings. The van der Waals surface area contributed by atoms with E-state index in [-0.39, 0.29) is 12.8 Å². The number of rotatable bonds is 6. The maximum atomic E-state index is 12.7. The van der Waals surface area contributed by atoms with Gasteiger partial charge < -0.3 is 4.90 Å². The number of nitrogens with zero attached hydrogens (tertiary/aromatic N) is 3. The maximum absolute atomic E-state index is 12.7. The van der Waals surface area contributed by atoms with Crippen LogP contribution in [0, 0.1) is 22.7 Å². The molecule has 17 heavy (non-hydrogen) atoms. The molecule has 0 heterocycles. The minimum absolute atomic E-state index is 0.267. The Kier molecular flexibility index (Phi) is 5.97. The van der Waals surface area contributed by atoms with Crippen LogP contribution in [0.15, 0.2) is 0 Å². The van der Waals surface area contributed by atoms with E-state index in [9.17, 15) is 22.4 Å². The van der Waals surface area contributed by atoms with Crippen molar-refractivity contribution in [2.75, 3.05) is 13.1 Å². The summed E-state index contributed by atoms with van der Waals surface area (Å²) in [6, 6.07) is 3.20. The molecule has 0 rings (SSSR count). The third-order valence-electron chi connectivity index (χ3n) is 1.83. The molecule has 0 aromatic heterocycles. The summed E-state index contributed by atoms with van der Waals surface area (Å²) in [7, 11) is 0. The lowest BCUT2D eigenvalue weighted by Gasteiger charge is -2.25. The fourth-order valence-corrected chi connectivity index (χ4v) is 0.989. The third kappa shape index (κ3) is 4.27. The molecule has 0 aromatic carbocycles. The standard InChI is InChI=1S/C9H9F4N3O/c10-7(11)9(12,13)8(17)16(5-1-3-14)6-2-4-15/h7H,1-2,5-6H2. The van der Waals surface area contributed by atoms with E-state index in [1.807, 2.05) is 0 Å². The third-order valence-corrected chi connectivity index (χ3v) is 1.83. The molecule has 0 atom stereocenters. The minimum Gasteiger partial charge on any atom is -0.335 e. The van der Waals surface area contributed by atoms with Crippen molar-refractivity contribution in [2.45, 2.75) is 25.2 Å². The smallest absolute Gasteiger partial charge is 0.335 e. The summed E-state index contributed by atoms with van der Waals surface area (Å²) >= 11 is 0. The van der Waals surface area contributed by atoms with Crippen LogP contribution in [0.1, 0.15) is 12.8 Å². The van der Waals surface area contributed by atoms with Gasteiger partial charge in [0.1, 0.15) is 0 Å². The molecular formula is C9H9F4N3O. The molecule has 0 saturated carbocycles. The van der Waals surface area contributed by atoms with Crippen molar-refractivity contribution < 1.29 is 22.4 Å². The molecule has 0 unspecified atom stereocenters. The molecule has 0 fully saturated rings. The normalized spacial score (nSPS) is 10.8. The van der Waals surface area contributed by atoms with E-state index in [1.165, 1.54) is 0 Å². The van der Waals surface area contributed by atoms with Crippen LogP contribution >= 0.6 is 0 Å². The van der Waals surface area contributed by atoms with Gasteiger partial charge in [-0.1, -0.05) is 0 Å². The average molecular weight is 251 g/mol. The van der Waals surface area contributed by atoms with Crippen molar-refractivity contribution in [1.29, 1.82) is 10.5 Å². The zero-order valence-electron chi connectivity index (χ0n) is 8.67. The van der Waals surface area contributed by atoms with E-state index in [4.69, 9.17) is 10.5 Å². The molecule has 0 saturated heterocycles. The topological polar surface area (TPSA) is 67.9 Å². The monoisotopic (exact) mass is 251 g/mol. The van der Waals surface area contributed by atoms with Gasteiger partial charge >= 0.3 is 12.3 Å². The number of alkyl halides is 4. The van der Waals surface area contributed by atoms with Crippen molar-refractivity contribution in [2.24, 2.45) is 0 Å². The largest absolute Gasteiger partial charge is 0.383 e. The molecule has 0 bridgehead atoms. The molecule has 1 amide bonds. The van der Waals surface area contributed by atoms with Gasteiger partial charge in [0, 0.05) is 13.1 Å². The van der Waals surface area contributed by atoms with Gasteiger partial charge in [-0.05, 0) is 0 Å². The van der Waals surface area contributed by atoms with Crippen LogP contribution in [-0.2, 0) is 4.79 Å². The number of carbonyl (C=O) groups is 1. The fraction of sp³-hybridized carbons (Fsp3) is 0.667. The Labute approximate surface area is 95.0 Å². The highest BCUT2D eigenvalue weighted by Gasteiger charge is 2.50. The molecule has 0 aromatic rings. The molecule has 94 valence electrons. The quantitative estimate of drug-likeness (QED) is 0.672. The summed E-state index contributed by atoms with van der Waals surface area (Å²) in [5.41, 5.74) is 0. The Hall–Kier alpha value is -1.83. The number of halogens is 4. The van der Waals surface area contributed by atoms with Crippen LogP contribution in [-0.4, -0.2) is 36.2 Å². The minimum atomic E-state index is -4.79. The lowest BCUT2D eigenvalue weighted by molar-refractivity contribution is -0.180. The zero-order valence-corrected chi connectivity index (χ0v) is 8.67. The highest BCUT2D eigenvalue weighted by Crippen LogP contribution is 2.25. The van der Waals surface area contributed by atoms with Crippen LogP contribution in [0.4, 0.5) is 17.6 Å². The van der Waals surface area contributed by atoms with Gasteiger partial charge in [-0.15, -0.1) is 0 Å². The van der Waals surface area contributed by atoms with E-state index in [2.05, 4.69) is 0 Å². The summed E-state index contributed by atoms with van der Waals surface area (Å²) in [5.74, 6) is -6.84. The summed E-state index contributed by atoms with van der Waals surface area (Å²) < 4.78 is 49.4. The van der Waals surface area contributed by atoms with Crippen LogP contribution in [0.2, 0.25) is 0 Å². The Morgan fingerprint density at radius 2 is 1.59 bits per heavy atom. The molecule has 0 spiro atoms.